The van der Waals surface area contributed by atoms with Crippen LogP contribution in [0.4, 0.5) is 10.1 Å². The Hall–Kier alpha value is -2.93. The van der Waals surface area contributed by atoms with E-state index in [0.717, 1.165) is 22.8 Å². The van der Waals surface area contributed by atoms with E-state index in [0.29, 0.717) is 20.7 Å². The van der Waals surface area contributed by atoms with Crippen molar-refractivity contribution >= 4 is 46.2 Å². The van der Waals surface area contributed by atoms with Crippen molar-refractivity contribution in [1.29, 1.82) is 0 Å². The zero-order chi connectivity index (χ0) is 23.1. The number of anilines is 1. The molecule has 0 saturated carbocycles. The van der Waals surface area contributed by atoms with Crippen molar-refractivity contribution in [2.45, 2.75) is 19.0 Å². The van der Waals surface area contributed by atoms with Crippen molar-refractivity contribution in [2.24, 2.45) is 0 Å². The number of hydrogen-bond donors (Lipinski definition) is 1. The van der Waals surface area contributed by atoms with E-state index in [9.17, 15) is 4.39 Å². The smallest absolute Gasteiger partial charge is 0.174 e. The molecule has 0 radical (unpaired) electrons. The Morgan fingerprint density at radius 1 is 1.03 bits per heavy atom. The lowest BCUT2D eigenvalue weighted by Crippen LogP contribution is -2.30. The van der Waals surface area contributed by atoms with Crippen molar-refractivity contribution < 1.29 is 4.39 Å². The van der Waals surface area contributed by atoms with Gasteiger partial charge in [-0.05, 0) is 85.4 Å². The van der Waals surface area contributed by atoms with Crippen LogP contribution in [0.3, 0.4) is 0 Å². The summed E-state index contributed by atoms with van der Waals surface area (Å²) in [6, 6.07) is 19.7. The van der Waals surface area contributed by atoms with Gasteiger partial charge in [0.25, 0.3) is 0 Å². The fraction of sp³-hybridized carbons (Fsp3) is 0.120. The maximum Gasteiger partial charge on any atom is 0.174 e. The van der Waals surface area contributed by atoms with E-state index in [1.54, 1.807) is 37.4 Å². The molecule has 1 N–H and O–H groups in total. The maximum atomic E-state index is 14.1. The average Bonchev–Trinajstić information content (AvgIpc) is 3.40. The number of nitrogens with one attached hydrogen (secondary N) is 1. The highest BCUT2D eigenvalue weighted by Crippen LogP contribution is 2.43. The lowest BCUT2D eigenvalue weighted by Gasteiger charge is -2.29. The van der Waals surface area contributed by atoms with Gasteiger partial charge in [-0.2, -0.15) is 0 Å². The molecule has 8 heteroatoms. The van der Waals surface area contributed by atoms with Crippen LogP contribution >= 0.6 is 35.4 Å². The second-order valence-electron chi connectivity index (χ2n) is 7.83. The first-order valence-corrected chi connectivity index (χ1v) is 11.5. The summed E-state index contributed by atoms with van der Waals surface area (Å²) in [6.07, 6.45) is 3.71. The maximum absolute atomic E-state index is 14.1. The Bertz CT molecular complexity index is 1340. The SMILES string of the molecule is Cc1cc(N2C(=S)N[C@H](c3ccccn3)[C@@H]2c2cccn2-c2ccc(Cl)cc2Cl)ccc1F. The predicted octanol–water partition coefficient (Wildman–Crippen LogP) is 6.80. The molecule has 0 unspecified atom stereocenters. The summed E-state index contributed by atoms with van der Waals surface area (Å²) in [5, 5.41) is 5.07. The molecule has 0 aliphatic carbocycles. The van der Waals surface area contributed by atoms with E-state index in [4.69, 9.17) is 35.4 Å². The van der Waals surface area contributed by atoms with E-state index in [1.807, 2.05) is 52.1 Å². The number of halogens is 3. The van der Waals surface area contributed by atoms with Crippen LogP contribution in [0.5, 0.6) is 0 Å². The molecular weight excluding hydrogens is 478 g/mol. The fourth-order valence-corrected chi connectivity index (χ4v) is 5.09. The molecule has 1 aliphatic rings. The van der Waals surface area contributed by atoms with Crippen molar-refractivity contribution in [3.05, 3.63) is 112 Å². The molecule has 33 heavy (non-hydrogen) atoms. The van der Waals surface area contributed by atoms with Gasteiger partial charge in [-0.3, -0.25) is 4.98 Å². The van der Waals surface area contributed by atoms with E-state index in [1.165, 1.54) is 6.07 Å². The summed E-state index contributed by atoms with van der Waals surface area (Å²) >= 11 is 18.5. The molecular formula is C25H19Cl2FN4S. The standard InChI is InChI=1S/C25H19Cl2FN4S/c1-15-13-17(8-9-19(15)28)32-24(23(30-25(32)33)20-5-2-3-11-29-20)22-6-4-12-31(22)21-10-7-16(26)14-18(21)27/h2-14,23-24H,1H3,(H,30,33)/t23-,24+/m1/s1. The van der Waals surface area contributed by atoms with Gasteiger partial charge < -0.3 is 14.8 Å². The minimum atomic E-state index is -0.265. The van der Waals surface area contributed by atoms with Crippen molar-refractivity contribution in [2.75, 3.05) is 4.90 Å². The summed E-state index contributed by atoms with van der Waals surface area (Å²) < 4.78 is 16.1. The highest BCUT2D eigenvalue weighted by Gasteiger charge is 2.42. The third-order valence-electron chi connectivity index (χ3n) is 5.77. The molecule has 1 aliphatic heterocycles. The molecule has 2 aromatic carbocycles. The number of aromatic nitrogens is 2. The zero-order valence-corrected chi connectivity index (χ0v) is 19.9. The van der Waals surface area contributed by atoms with Gasteiger partial charge in [0, 0.05) is 28.8 Å². The molecule has 1 saturated heterocycles. The van der Waals surface area contributed by atoms with Gasteiger partial charge in [-0.25, -0.2) is 4.39 Å². The number of benzene rings is 2. The first-order chi connectivity index (χ1) is 15.9. The topological polar surface area (TPSA) is 33.1 Å². The monoisotopic (exact) mass is 496 g/mol. The van der Waals surface area contributed by atoms with Crippen LogP contribution in [0.15, 0.2) is 79.1 Å². The second kappa shape index (κ2) is 8.78. The van der Waals surface area contributed by atoms with Gasteiger partial charge >= 0.3 is 0 Å². The summed E-state index contributed by atoms with van der Waals surface area (Å²) in [5.74, 6) is -0.258. The van der Waals surface area contributed by atoms with Crippen LogP contribution in [-0.2, 0) is 0 Å². The van der Waals surface area contributed by atoms with Crippen molar-refractivity contribution in [1.82, 2.24) is 14.9 Å². The molecule has 166 valence electrons. The van der Waals surface area contributed by atoms with Crippen molar-refractivity contribution in [3.8, 4) is 5.69 Å². The molecule has 5 rings (SSSR count). The van der Waals surface area contributed by atoms with Crippen LogP contribution in [0.1, 0.15) is 29.0 Å². The van der Waals surface area contributed by atoms with Crippen LogP contribution in [0.25, 0.3) is 5.69 Å². The highest BCUT2D eigenvalue weighted by atomic mass is 35.5. The largest absolute Gasteiger partial charge is 0.351 e. The van der Waals surface area contributed by atoms with Gasteiger partial charge in [0.15, 0.2) is 5.11 Å². The molecule has 4 aromatic rings. The number of aryl methyl sites for hydroxylation is 1. The number of pyridine rings is 1. The van der Waals surface area contributed by atoms with E-state index in [-0.39, 0.29) is 17.9 Å². The molecule has 3 heterocycles. The number of rotatable bonds is 4. The summed E-state index contributed by atoms with van der Waals surface area (Å²) in [5.41, 5.74) is 3.94. The molecule has 4 nitrogen and oxygen atoms in total. The van der Waals surface area contributed by atoms with Crippen LogP contribution < -0.4 is 10.2 Å². The molecule has 1 fully saturated rings. The van der Waals surface area contributed by atoms with E-state index < -0.39 is 0 Å². The number of hydrogen-bond acceptors (Lipinski definition) is 2. The first kappa shape index (κ1) is 21.9. The Kier molecular flexibility index (Phi) is 5.83. The Morgan fingerprint density at radius 3 is 2.61 bits per heavy atom. The third kappa shape index (κ3) is 3.99. The third-order valence-corrected chi connectivity index (χ3v) is 6.62. The Morgan fingerprint density at radius 2 is 1.88 bits per heavy atom. The normalized spacial score (nSPS) is 17.9. The van der Waals surface area contributed by atoms with Crippen LogP contribution in [0.2, 0.25) is 10.0 Å². The minimum absolute atomic E-state index is 0.233. The summed E-state index contributed by atoms with van der Waals surface area (Å²) in [7, 11) is 0. The lowest BCUT2D eigenvalue weighted by molar-refractivity contribution is 0.549. The van der Waals surface area contributed by atoms with Gasteiger partial charge in [0.1, 0.15) is 11.9 Å². The van der Waals surface area contributed by atoms with Gasteiger partial charge in [-0.15, -0.1) is 0 Å². The Balaban J connectivity index is 1.69. The van der Waals surface area contributed by atoms with Gasteiger partial charge in [0.05, 0.1) is 22.4 Å². The number of thiocarbonyl (C=S) groups is 1. The predicted molar refractivity (Wildman–Crippen MR) is 135 cm³/mol. The summed E-state index contributed by atoms with van der Waals surface area (Å²) in [6.45, 7) is 1.74. The van der Waals surface area contributed by atoms with E-state index in [2.05, 4.69) is 10.3 Å². The zero-order valence-electron chi connectivity index (χ0n) is 17.5. The lowest BCUT2D eigenvalue weighted by atomic mass is 10.0. The first-order valence-electron chi connectivity index (χ1n) is 10.3. The van der Waals surface area contributed by atoms with E-state index >= 15 is 0 Å². The molecule has 0 spiro atoms. The fourth-order valence-electron chi connectivity index (χ4n) is 4.24. The average molecular weight is 497 g/mol. The van der Waals surface area contributed by atoms with Crippen LogP contribution in [0, 0.1) is 12.7 Å². The molecule has 0 bridgehead atoms. The quantitative estimate of drug-likeness (QED) is 0.314. The number of nitrogens with zero attached hydrogens (tertiary/aromatic N) is 3. The summed E-state index contributed by atoms with van der Waals surface area (Å²) in [4.78, 5) is 6.60. The van der Waals surface area contributed by atoms with Gasteiger partial charge in [-0.1, -0.05) is 29.3 Å². The molecule has 2 aromatic heterocycles. The van der Waals surface area contributed by atoms with Gasteiger partial charge in [0.2, 0.25) is 0 Å². The van der Waals surface area contributed by atoms with Crippen molar-refractivity contribution in [3.63, 3.8) is 0 Å². The Labute approximate surface area is 206 Å². The highest BCUT2D eigenvalue weighted by molar-refractivity contribution is 7.80. The van der Waals surface area contributed by atoms with Crippen LogP contribution in [-0.4, -0.2) is 14.7 Å². The second-order valence-corrected chi connectivity index (χ2v) is 9.06. The molecule has 0 amide bonds. The minimum Gasteiger partial charge on any atom is -0.351 e. The molecule has 2 atom stereocenters.